The molecule has 0 saturated heterocycles. The van der Waals surface area contributed by atoms with Crippen LogP contribution in [-0.2, 0) is 0 Å². The van der Waals surface area contributed by atoms with E-state index in [1.165, 1.54) is 290 Å². The Kier molecular flexibility index (Phi) is 51.1. The van der Waals surface area contributed by atoms with Gasteiger partial charge in [0.2, 0.25) is 0 Å². The van der Waals surface area contributed by atoms with Crippen molar-refractivity contribution < 1.29 is 5.11 Å². The van der Waals surface area contributed by atoms with Crippen LogP contribution in [0.3, 0.4) is 0 Å². The number of hydrogen-bond acceptors (Lipinski definition) is 4. The van der Waals surface area contributed by atoms with E-state index in [0.717, 1.165) is 24.9 Å². The maximum atomic E-state index is 9.38. The fourth-order valence-electron chi connectivity index (χ4n) is 9.11. The lowest BCUT2D eigenvalue weighted by atomic mass is 9.99. The lowest BCUT2D eigenvalue weighted by molar-refractivity contribution is 0.234. The van der Waals surface area contributed by atoms with Gasteiger partial charge in [-0.1, -0.05) is 233 Å². The predicted octanol–water partition coefficient (Wildman–Crippen LogP) is 16.7. The minimum absolute atomic E-state index is 0.342. The second kappa shape index (κ2) is 51.2. The Morgan fingerprint density at radius 3 is 0.828 bits per heavy atom. The number of nitrogens with one attached hydrogen (secondary N) is 2. The molecule has 0 aromatic rings. The second-order valence-corrected chi connectivity index (χ2v) is 19.0. The van der Waals surface area contributed by atoms with E-state index >= 15 is 0 Å². The van der Waals surface area contributed by atoms with Crippen LogP contribution in [0.25, 0.3) is 0 Å². The lowest BCUT2D eigenvalue weighted by Gasteiger charge is -2.22. The predicted molar refractivity (Wildman–Crippen MR) is 264 cm³/mol. The quantitative estimate of drug-likeness (QED) is 0.0535. The van der Waals surface area contributed by atoms with E-state index in [9.17, 15) is 5.11 Å². The molecule has 58 heavy (non-hydrogen) atoms. The third kappa shape index (κ3) is 45.4. The monoisotopic (exact) mass is 820 g/mol. The molecule has 3 N–H and O–H groups in total. The normalized spacial score (nSPS) is 12.0. The molecule has 0 aliphatic rings. The SMILES string of the molecule is CCCCCCCCC(CCCCCCCC)NCCCCCCCCN(CCCCO)CCCCCCCCNC(CCCCCCCC)CCCCCCCC. The van der Waals surface area contributed by atoms with Crippen LogP contribution in [-0.4, -0.2) is 61.4 Å². The molecule has 0 radical (unpaired) electrons. The van der Waals surface area contributed by atoms with Crippen molar-refractivity contribution in [2.45, 2.75) is 309 Å². The Labute approximate surface area is 368 Å². The van der Waals surface area contributed by atoms with Crippen molar-refractivity contribution in [3.63, 3.8) is 0 Å². The first-order valence-corrected chi connectivity index (χ1v) is 27.5. The summed E-state index contributed by atoms with van der Waals surface area (Å²) in [6.07, 6.45) is 58.3. The summed E-state index contributed by atoms with van der Waals surface area (Å²) in [6, 6.07) is 1.52. The Bertz CT molecular complexity index is 632. The van der Waals surface area contributed by atoms with E-state index in [1.54, 1.807) is 0 Å². The van der Waals surface area contributed by atoms with E-state index < -0.39 is 0 Å². The van der Waals surface area contributed by atoms with E-state index in [1.807, 2.05) is 0 Å². The molecular formula is C54H113N3O. The zero-order chi connectivity index (χ0) is 42.1. The molecule has 0 aliphatic heterocycles. The number of aliphatic hydroxyl groups excluding tert-OH is 1. The van der Waals surface area contributed by atoms with Crippen molar-refractivity contribution >= 4 is 0 Å². The topological polar surface area (TPSA) is 47.5 Å². The summed E-state index contributed by atoms with van der Waals surface area (Å²) in [6.45, 7) is 15.8. The molecule has 0 aromatic heterocycles. The minimum atomic E-state index is 0.342. The Balaban J connectivity index is 4.17. The van der Waals surface area contributed by atoms with Crippen LogP contribution in [0.1, 0.15) is 297 Å². The molecule has 350 valence electrons. The fraction of sp³-hybridized carbons (Fsp3) is 1.00. The number of nitrogens with zero attached hydrogens (tertiary/aromatic N) is 1. The molecule has 0 spiro atoms. The summed E-state index contributed by atoms with van der Waals surface area (Å²) >= 11 is 0. The first-order chi connectivity index (χ1) is 28.7. The van der Waals surface area contributed by atoms with Gasteiger partial charge in [-0.05, 0) is 96.9 Å². The lowest BCUT2D eigenvalue weighted by Crippen LogP contribution is -2.30. The van der Waals surface area contributed by atoms with Crippen molar-refractivity contribution in [1.82, 2.24) is 15.5 Å². The van der Waals surface area contributed by atoms with Crippen LogP contribution >= 0.6 is 0 Å². The van der Waals surface area contributed by atoms with Gasteiger partial charge in [0, 0.05) is 18.7 Å². The van der Waals surface area contributed by atoms with Crippen LogP contribution in [0.4, 0.5) is 0 Å². The highest BCUT2D eigenvalue weighted by Gasteiger charge is 2.10. The summed E-state index contributed by atoms with van der Waals surface area (Å²) in [5.74, 6) is 0. The Hall–Kier alpha value is -0.160. The molecule has 0 bridgehead atoms. The van der Waals surface area contributed by atoms with Crippen molar-refractivity contribution in [3.05, 3.63) is 0 Å². The second-order valence-electron chi connectivity index (χ2n) is 19.0. The van der Waals surface area contributed by atoms with Crippen LogP contribution in [0, 0.1) is 0 Å². The van der Waals surface area contributed by atoms with Gasteiger partial charge in [-0.3, -0.25) is 0 Å². The van der Waals surface area contributed by atoms with Crippen molar-refractivity contribution in [1.29, 1.82) is 0 Å². The van der Waals surface area contributed by atoms with E-state index in [-0.39, 0.29) is 0 Å². The molecule has 0 aliphatic carbocycles. The first-order valence-electron chi connectivity index (χ1n) is 27.5. The Morgan fingerprint density at radius 1 is 0.293 bits per heavy atom. The first kappa shape index (κ1) is 57.8. The zero-order valence-electron chi connectivity index (χ0n) is 41.0. The highest BCUT2D eigenvalue weighted by Crippen LogP contribution is 2.17. The largest absolute Gasteiger partial charge is 0.396 e. The van der Waals surface area contributed by atoms with E-state index in [2.05, 4.69) is 43.2 Å². The molecule has 0 heterocycles. The van der Waals surface area contributed by atoms with Gasteiger partial charge in [-0.25, -0.2) is 0 Å². The van der Waals surface area contributed by atoms with Gasteiger partial charge >= 0.3 is 0 Å². The molecule has 0 fully saturated rings. The maximum Gasteiger partial charge on any atom is 0.0431 e. The van der Waals surface area contributed by atoms with Crippen LogP contribution in [0.5, 0.6) is 0 Å². The van der Waals surface area contributed by atoms with Gasteiger partial charge in [0.25, 0.3) is 0 Å². The number of hydrogen-bond donors (Lipinski definition) is 3. The number of aliphatic hydroxyl groups is 1. The van der Waals surface area contributed by atoms with Gasteiger partial charge in [-0.15, -0.1) is 0 Å². The van der Waals surface area contributed by atoms with Gasteiger partial charge in [0.1, 0.15) is 0 Å². The number of unbranched alkanes of at least 4 members (excludes halogenated alkanes) is 31. The standard InChI is InChI=1S/C54H113N3O/c1-5-9-13-17-25-33-43-53(44-34-26-18-14-10-6-2)55-47-37-29-21-23-31-39-49-57(51-41-42-52-58)50-40-32-24-22-30-38-48-56-54(45-35-27-19-15-11-7-3)46-36-28-20-16-12-8-4/h53-56,58H,5-52H2,1-4H3. The third-order valence-electron chi connectivity index (χ3n) is 13.2. The zero-order valence-corrected chi connectivity index (χ0v) is 41.0. The van der Waals surface area contributed by atoms with Crippen molar-refractivity contribution in [3.8, 4) is 0 Å². The summed E-state index contributed by atoms with van der Waals surface area (Å²) in [5.41, 5.74) is 0. The van der Waals surface area contributed by atoms with Gasteiger partial charge in [0.15, 0.2) is 0 Å². The highest BCUT2D eigenvalue weighted by molar-refractivity contribution is 4.70. The molecule has 4 heteroatoms. The van der Waals surface area contributed by atoms with Crippen LogP contribution < -0.4 is 10.6 Å². The maximum absolute atomic E-state index is 9.38. The molecular weight excluding hydrogens is 707 g/mol. The van der Waals surface area contributed by atoms with Crippen LogP contribution in [0.2, 0.25) is 0 Å². The molecule has 0 aromatic carbocycles. The highest BCUT2D eigenvalue weighted by atomic mass is 16.2. The molecule has 0 atom stereocenters. The fourth-order valence-corrected chi connectivity index (χ4v) is 9.11. The molecule has 0 saturated carbocycles. The number of rotatable bonds is 52. The molecule has 4 nitrogen and oxygen atoms in total. The smallest absolute Gasteiger partial charge is 0.0431 e. The van der Waals surface area contributed by atoms with E-state index in [0.29, 0.717) is 6.61 Å². The van der Waals surface area contributed by atoms with E-state index in [4.69, 9.17) is 0 Å². The van der Waals surface area contributed by atoms with Crippen LogP contribution in [0.15, 0.2) is 0 Å². The average molecular weight is 821 g/mol. The van der Waals surface area contributed by atoms with Crippen molar-refractivity contribution in [2.24, 2.45) is 0 Å². The third-order valence-corrected chi connectivity index (χ3v) is 13.2. The van der Waals surface area contributed by atoms with Crippen molar-refractivity contribution in [2.75, 3.05) is 39.3 Å². The van der Waals surface area contributed by atoms with Gasteiger partial charge in [0.05, 0.1) is 0 Å². The summed E-state index contributed by atoms with van der Waals surface area (Å²) < 4.78 is 0. The minimum Gasteiger partial charge on any atom is -0.396 e. The molecule has 0 rings (SSSR count). The van der Waals surface area contributed by atoms with Gasteiger partial charge in [-0.2, -0.15) is 0 Å². The summed E-state index contributed by atoms with van der Waals surface area (Å²) in [5, 5.41) is 17.4. The molecule has 0 amide bonds. The molecule has 0 unspecified atom stereocenters. The average Bonchev–Trinajstić information content (AvgIpc) is 3.23. The summed E-state index contributed by atoms with van der Waals surface area (Å²) in [7, 11) is 0. The summed E-state index contributed by atoms with van der Waals surface area (Å²) in [4.78, 5) is 2.73. The Morgan fingerprint density at radius 2 is 0.534 bits per heavy atom. The van der Waals surface area contributed by atoms with Gasteiger partial charge < -0.3 is 20.6 Å².